The Morgan fingerprint density at radius 1 is 1.33 bits per heavy atom. The summed E-state index contributed by atoms with van der Waals surface area (Å²) in [4.78, 5) is 2.20. The fourth-order valence-corrected chi connectivity index (χ4v) is 2.96. The van der Waals surface area contributed by atoms with Crippen molar-refractivity contribution >= 4 is 28.6 Å². The van der Waals surface area contributed by atoms with Crippen LogP contribution in [0.1, 0.15) is 11.1 Å². The predicted molar refractivity (Wildman–Crippen MR) is 91.5 cm³/mol. The van der Waals surface area contributed by atoms with Crippen molar-refractivity contribution in [1.82, 2.24) is 5.32 Å². The van der Waals surface area contributed by atoms with E-state index >= 15 is 0 Å². The van der Waals surface area contributed by atoms with Crippen LogP contribution in [-0.2, 0) is 17.8 Å². The zero-order chi connectivity index (χ0) is 15.1. The average molecular weight is 325 g/mol. The molecule has 0 aliphatic heterocycles. The van der Waals surface area contributed by atoms with Gasteiger partial charge in [0.2, 0.25) is 0 Å². The zero-order valence-electron chi connectivity index (χ0n) is 12.4. The quantitative estimate of drug-likeness (QED) is 0.748. The summed E-state index contributed by atoms with van der Waals surface area (Å²) in [7, 11) is 3.78. The Balaban J connectivity index is 1.94. The highest BCUT2D eigenvalue weighted by Gasteiger charge is 2.06. The lowest BCUT2D eigenvalue weighted by Gasteiger charge is -2.20. The Morgan fingerprint density at radius 3 is 2.86 bits per heavy atom. The summed E-state index contributed by atoms with van der Waals surface area (Å²) < 4.78 is 5.01. The monoisotopic (exact) mass is 324 g/mol. The number of ether oxygens (including phenoxy) is 1. The van der Waals surface area contributed by atoms with Crippen molar-refractivity contribution in [1.29, 1.82) is 0 Å². The molecule has 2 rings (SSSR count). The number of rotatable bonds is 8. The molecule has 0 atom stereocenters. The molecule has 1 aromatic carbocycles. The smallest absolute Gasteiger partial charge is 0.0587 e. The molecule has 0 unspecified atom stereocenters. The van der Waals surface area contributed by atoms with Crippen LogP contribution in [0.4, 0.5) is 5.69 Å². The molecule has 1 heterocycles. The molecule has 21 heavy (non-hydrogen) atoms. The van der Waals surface area contributed by atoms with Crippen molar-refractivity contribution < 1.29 is 4.74 Å². The zero-order valence-corrected chi connectivity index (χ0v) is 14.0. The van der Waals surface area contributed by atoms with Gasteiger partial charge in [-0.15, -0.1) is 0 Å². The number of nitrogens with one attached hydrogen (secondary N) is 1. The van der Waals surface area contributed by atoms with Crippen LogP contribution in [0.15, 0.2) is 35.0 Å². The third kappa shape index (κ3) is 5.00. The maximum atomic E-state index is 6.37. The van der Waals surface area contributed by atoms with Gasteiger partial charge in [0, 0.05) is 44.5 Å². The maximum absolute atomic E-state index is 6.37. The summed E-state index contributed by atoms with van der Waals surface area (Å²) in [5.74, 6) is 0. The fourth-order valence-electron chi connectivity index (χ4n) is 2.06. The molecule has 1 N–H and O–H groups in total. The minimum Gasteiger partial charge on any atom is -0.383 e. The minimum absolute atomic E-state index is 0.707. The molecule has 2 aromatic rings. The van der Waals surface area contributed by atoms with Gasteiger partial charge in [-0.2, -0.15) is 11.3 Å². The highest BCUT2D eigenvalue weighted by molar-refractivity contribution is 7.07. The van der Waals surface area contributed by atoms with Crippen LogP contribution in [-0.4, -0.2) is 27.3 Å². The van der Waals surface area contributed by atoms with E-state index in [-0.39, 0.29) is 0 Å². The summed E-state index contributed by atoms with van der Waals surface area (Å²) in [6.45, 7) is 3.19. The predicted octanol–water partition coefficient (Wildman–Crippen LogP) is 3.77. The lowest BCUT2D eigenvalue weighted by molar-refractivity contribution is 0.199. The van der Waals surface area contributed by atoms with E-state index in [1.54, 1.807) is 18.4 Å². The Labute approximate surface area is 135 Å². The van der Waals surface area contributed by atoms with Crippen LogP contribution in [0.2, 0.25) is 5.02 Å². The van der Waals surface area contributed by atoms with Gasteiger partial charge in [-0.05, 0) is 40.1 Å². The minimum atomic E-state index is 0.707. The highest BCUT2D eigenvalue weighted by atomic mass is 35.5. The van der Waals surface area contributed by atoms with E-state index in [9.17, 15) is 0 Å². The fraction of sp³-hybridized carbons (Fsp3) is 0.375. The van der Waals surface area contributed by atoms with Crippen LogP contribution in [0.3, 0.4) is 0 Å². The van der Waals surface area contributed by atoms with Gasteiger partial charge < -0.3 is 15.0 Å². The van der Waals surface area contributed by atoms with Gasteiger partial charge in [0.05, 0.1) is 6.61 Å². The molecule has 0 bridgehead atoms. The van der Waals surface area contributed by atoms with E-state index in [4.69, 9.17) is 16.3 Å². The van der Waals surface area contributed by atoms with Crippen molar-refractivity contribution in [2.24, 2.45) is 0 Å². The Hall–Kier alpha value is -1.07. The number of halogens is 1. The number of anilines is 1. The molecule has 0 saturated heterocycles. The van der Waals surface area contributed by atoms with Crippen molar-refractivity contribution in [3.63, 3.8) is 0 Å². The van der Waals surface area contributed by atoms with Crippen LogP contribution in [0, 0.1) is 0 Å². The van der Waals surface area contributed by atoms with E-state index in [1.165, 1.54) is 5.56 Å². The second-order valence-corrected chi connectivity index (χ2v) is 6.12. The van der Waals surface area contributed by atoms with Gasteiger partial charge in [0.15, 0.2) is 0 Å². The molecule has 0 aliphatic carbocycles. The second-order valence-electron chi connectivity index (χ2n) is 4.93. The third-order valence-corrected chi connectivity index (χ3v) is 4.36. The van der Waals surface area contributed by atoms with Crippen molar-refractivity contribution in [2.45, 2.75) is 13.1 Å². The molecule has 0 amide bonds. The lowest BCUT2D eigenvalue weighted by Crippen LogP contribution is -2.19. The van der Waals surface area contributed by atoms with Gasteiger partial charge in [0.25, 0.3) is 0 Å². The first-order valence-electron chi connectivity index (χ1n) is 6.91. The molecule has 114 valence electrons. The first kappa shape index (κ1) is 16.3. The van der Waals surface area contributed by atoms with E-state index in [0.29, 0.717) is 6.61 Å². The van der Waals surface area contributed by atoms with Crippen molar-refractivity contribution in [2.75, 3.05) is 32.2 Å². The third-order valence-electron chi connectivity index (χ3n) is 3.28. The molecular weight excluding hydrogens is 304 g/mol. The molecule has 5 heteroatoms. The topological polar surface area (TPSA) is 24.5 Å². The Kier molecular flexibility index (Phi) is 6.51. The number of hydrogen-bond donors (Lipinski definition) is 1. The summed E-state index contributed by atoms with van der Waals surface area (Å²) >= 11 is 8.10. The summed E-state index contributed by atoms with van der Waals surface area (Å²) in [6.07, 6.45) is 0. The van der Waals surface area contributed by atoms with Gasteiger partial charge >= 0.3 is 0 Å². The van der Waals surface area contributed by atoms with Gasteiger partial charge in [-0.1, -0.05) is 17.7 Å². The molecule has 3 nitrogen and oxygen atoms in total. The van der Waals surface area contributed by atoms with Crippen LogP contribution in [0.25, 0.3) is 0 Å². The molecule has 0 saturated carbocycles. The van der Waals surface area contributed by atoms with Crippen LogP contribution >= 0.6 is 22.9 Å². The van der Waals surface area contributed by atoms with E-state index in [1.807, 2.05) is 6.07 Å². The molecule has 0 aliphatic rings. The summed E-state index contributed by atoms with van der Waals surface area (Å²) in [6, 6.07) is 8.38. The van der Waals surface area contributed by atoms with Crippen LogP contribution in [0.5, 0.6) is 0 Å². The summed E-state index contributed by atoms with van der Waals surface area (Å²) in [5.41, 5.74) is 3.57. The first-order valence-corrected chi connectivity index (χ1v) is 8.23. The normalized spacial score (nSPS) is 10.8. The first-order chi connectivity index (χ1) is 10.2. The Morgan fingerprint density at radius 2 is 2.19 bits per heavy atom. The van der Waals surface area contributed by atoms with Gasteiger partial charge in [0.1, 0.15) is 0 Å². The summed E-state index contributed by atoms with van der Waals surface area (Å²) in [5, 5.41) is 8.38. The molecule has 0 fully saturated rings. The number of methoxy groups -OCH3 is 1. The SMILES string of the molecule is COCCNCc1ccc(N(C)Cc2ccsc2)cc1Cl. The Bertz CT molecular complexity index is 545. The van der Waals surface area contributed by atoms with Crippen molar-refractivity contribution in [3.05, 3.63) is 51.2 Å². The average Bonchev–Trinajstić information content (AvgIpc) is 2.97. The van der Waals surface area contributed by atoms with E-state index in [2.05, 4.69) is 46.2 Å². The van der Waals surface area contributed by atoms with Crippen molar-refractivity contribution in [3.8, 4) is 0 Å². The number of thiophene rings is 1. The number of hydrogen-bond acceptors (Lipinski definition) is 4. The molecule has 1 aromatic heterocycles. The molecule has 0 spiro atoms. The standard InChI is InChI=1S/C16H21ClN2OS/c1-19(11-13-5-8-21-12-13)15-4-3-14(16(17)9-15)10-18-6-7-20-2/h3-5,8-9,12,18H,6-7,10-11H2,1-2H3. The largest absolute Gasteiger partial charge is 0.383 e. The molecule has 0 radical (unpaired) electrons. The molecular formula is C16H21ClN2OS. The number of benzene rings is 1. The van der Waals surface area contributed by atoms with E-state index in [0.717, 1.165) is 35.9 Å². The van der Waals surface area contributed by atoms with Crippen LogP contribution < -0.4 is 10.2 Å². The second kappa shape index (κ2) is 8.39. The van der Waals surface area contributed by atoms with E-state index < -0.39 is 0 Å². The maximum Gasteiger partial charge on any atom is 0.0587 e. The van der Waals surface area contributed by atoms with Gasteiger partial charge in [-0.25, -0.2) is 0 Å². The van der Waals surface area contributed by atoms with Gasteiger partial charge in [-0.3, -0.25) is 0 Å². The highest BCUT2D eigenvalue weighted by Crippen LogP contribution is 2.24. The lowest BCUT2D eigenvalue weighted by atomic mass is 10.2. The number of nitrogens with zero attached hydrogens (tertiary/aromatic N) is 1.